The van der Waals surface area contributed by atoms with Gasteiger partial charge in [0.15, 0.2) is 0 Å². The smallest absolute Gasteiger partial charge is 0.387 e. The van der Waals surface area contributed by atoms with Crippen molar-refractivity contribution in [3.8, 4) is 17.1 Å². The number of hydrogen-bond donors (Lipinski definition) is 2. The maximum Gasteiger partial charge on any atom is 0.387 e. The zero-order valence-corrected chi connectivity index (χ0v) is 14.3. The van der Waals surface area contributed by atoms with Gasteiger partial charge in [0.05, 0.1) is 5.69 Å². The minimum Gasteiger partial charge on any atom is -0.433 e. The van der Waals surface area contributed by atoms with E-state index in [1.165, 1.54) is 30.3 Å². The molecule has 9 nitrogen and oxygen atoms in total. The van der Waals surface area contributed by atoms with Crippen LogP contribution in [-0.2, 0) is 11.3 Å². The number of tetrazole rings is 1. The molecule has 0 saturated carbocycles. The molecule has 3 aromatic rings. The van der Waals surface area contributed by atoms with Gasteiger partial charge in [0.25, 0.3) is 0 Å². The van der Waals surface area contributed by atoms with Gasteiger partial charge < -0.3 is 15.8 Å². The molecule has 28 heavy (non-hydrogen) atoms. The van der Waals surface area contributed by atoms with Gasteiger partial charge in [-0.05, 0) is 29.5 Å². The summed E-state index contributed by atoms with van der Waals surface area (Å²) in [6, 6.07) is 12.0. The van der Waals surface area contributed by atoms with Crippen molar-refractivity contribution >= 4 is 17.5 Å². The lowest BCUT2D eigenvalue weighted by molar-refractivity contribution is -0.117. The summed E-state index contributed by atoms with van der Waals surface area (Å²) in [4.78, 5) is 24.3. The average molecular weight is 388 g/mol. The molecule has 0 spiro atoms. The molecule has 2 amide bonds. The summed E-state index contributed by atoms with van der Waals surface area (Å²) in [5.74, 6) is -1.04. The number of rotatable bonds is 7. The Morgan fingerprint density at radius 2 is 1.86 bits per heavy atom. The standard InChI is InChI=1S/C17H14F2N6O3/c18-17(19)28-13-4-2-1-3-12(13)21-14(26)9-25-23-16(22-24-25)11-7-5-10(6-8-11)15(20)27/h1-8,17H,9H2,(H2,20,27)(H,21,26). The molecule has 0 aliphatic heterocycles. The lowest BCUT2D eigenvalue weighted by Gasteiger charge is -2.11. The van der Waals surface area contributed by atoms with Crippen molar-refractivity contribution in [2.24, 2.45) is 5.73 Å². The zero-order valence-electron chi connectivity index (χ0n) is 14.3. The van der Waals surface area contributed by atoms with Crippen molar-refractivity contribution in [1.29, 1.82) is 0 Å². The third-order valence-corrected chi connectivity index (χ3v) is 3.54. The predicted octanol–water partition coefficient (Wildman–Crippen LogP) is 1.68. The first-order valence-corrected chi connectivity index (χ1v) is 7.94. The fraction of sp³-hybridized carbons (Fsp3) is 0.118. The summed E-state index contributed by atoms with van der Waals surface area (Å²) >= 11 is 0. The molecular formula is C17H14F2N6O3. The van der Waals surface area contributed by atoms with Crippen molar-refractivity contribution in [2.45, 2.75) is 13.2 Å². The molecule has 11 heteroatoms. The van der Waals surface area contributed by atoms with E-state index in [9.17, 15) is 18.4 Å². The molecule has 0 fully saturated rings. The van der Waals surface area contributed by atoms with Crippen LogP contribution in [0.25, 0.3) is 11.4 Å². The number of aromatic nitrogens is 4. The number of para-hydroxylation sites is 2. The van der Waals surface area contributed by atoms with Crippen molar-refractivity contribution in [3.63, 3.8) is 0 Å². The van der Waals surface area contributed by atoms with E-state index in [-0.39, 0.29) is 23.8 Å². The number of nitrogens with zero attached hydrogens (tertiary/aromatic N) is 4. The van der Waals surface area contributed by atoms with E-state index < -0.39 is 18.4 Å². The summed E-state index contributed by atoms with van der Waals surface area (Å²) in [5.41, 5.74) is 6.18. The van der Waals surface area contributed by atoms with Crippen LogP contribution in [0.5, 0.6) is 5.75 Å². The van der Waals surface area contributed by atoms with Gasteiger partial charge in [0.1, 0.15) is 12.3 Å². The number of nitrogens with one attached hydrogen (secondary N) is 1. The van der Waals surface area contributed by atoms with Crippen molar-refractivity contribution in [2.75, 3.05) is 5.32 Å². The largest absolute Gasteiger partial charge is 0.433 e. The van der Waals surface area contributed by atoms with Crippen LogP contribution in [-0.4, -0.2) is 38.6 Å². The molecule has 1 heterocycles. The lowest BCUT2D eigenvalue weighted by atomic mass is 10.1. The molecule has 0 radical (unpaired) electrons. The maximum atomic E-state index is 12.4. The van der Waals surface area contributed by atoms with Gasteiger partial charge in [-0.1, -0.05) is 24.3 Å². The number of anilines is 1. The molecule has 0 aliphatic rings. The molecule has 1 aromatic heterocycles. The number of alkyl halides is 2. The second-order valence-corrected chi connectivity index (χ2v) is 5.51. The quantitative estimate of drug-likeness (QED) is 0.634. The second kappa shape index (κ2) is 8.20. The Bertz CT molecular complexity index is 991. The van der Waals surface area contributed by atoms with Gasteiger partial charge in [-0.3, -0.25) is 9.59 Å². The Morgan fingerprint density at radius 1 is 1.14 bits per heavy atom. The van der Waals surface area contributed by atoms with Crippen molar-refractivity contribution in [1.82, 2.24) is 20.2 Å². The number of ether oxygens (including phenoxy) is 1. The number of hydrogen-bond acceptors (Lipinski definition) is 6. The van der Waals surface area contributed by atoms with E-state index in [1.807, 2.05) is 0 Å². The zero-order chi connectivity index (χ0) is 20.1. The molecule has 3 N–H and O–H groups in total. The number of carbonyl (C=O) groups is 2. The van der Waals surface area contributed by atoms with Crippen molar-refractivity contribution in [3.05, 3.63) is 54.1 Å². The molecule has 144 valence electrons. The van der Waals surface area contributed by atoms with E-state index in [0.717, 1.165) is 4.80 Å². The lowest BCUT2D eigenvalue weighted by Crippen LogP contribution is -2.21. The minimum atomic E-state index is -3.02. The normalized spacial score (nSPS) is 10.7. The summed E-state index contributed by atoms with van der Waals surface area (Å²) in [7, 11) is 0. The van der Waals surface area contributed by atoms with Gasteiger partial charge in [-0.25, -0.2) is 0 Å². The van der Waals surface area contributed by atoms with Gasteiger partial charge in [0, 0.05) is 11.1 Å². The van der Waals surface area contributed by atoms with Gasteiger partial charge >= 0.3 is 6.61 Å². The van der Waals surface area contributed by atoms with Crippen LogP contribution in [0.1, 0.15) is 10.4 Å². The fourth-order valence-electron chi connectivity index (χ4n) is 2.30. The number of amides is 2. The van der Waals surface area contributed by atoms with Crippen LogP contribution >= 0.6 is 0 Å². The average Bonchev–Trinajstić information content (AvgIpc) is 3.11. The molecule has 2 aromatic carbocycles. The highest BCUT2D eigenvalue weighted by Gasteiger charge is 2.14. The third-order valence-electron chi connectivity index (χ3n) is 3.54. The molecule has 0 aliphatic carbocycles. The molecule has 0 atom stereocenters. The predicted molar refractivity (Wildman–Crippen MR) is 93.5 cm³/mol. The highest BCUT2D eigenvalue weighted by molar-refractivity contribution is 5.93. The summed E-state index contributed by atoms with van der Waals surface area (Å²) in [5, 5.41) is 14.1. The van der Waals surface area contributed by atoms with Crippen LogP contribution < -0.4 is 15.8 Å². The highest BCUT2D eigenvalue weighted by atomic mass is 19.3. The number of halogens is 2. The van der Waals surface area contributed by atoms with Crippen molar-refractivity contribution < 1.29 is 23.1 Å². The topological polar surface area (TPSA) is 125 Å². The molecule has 0 saturated heterocycles. The number of carbonyl (C=O) groups excluding carboxylic acids is 2. The second-order valence-electron chi connectivity index (χ2n) is 5.51. The van der Waals surface area contributed by atoms with E-state index in [1.54, 1.807) is 18.2 Å². The number of benzene rings is 2. The van der Waals surface area contributed by atoms with Crippen LogP contribution in [0, 0.1) is 0 Å². The van der Waals surface area contributed by atoms with E-state index in [2.05, 4.69) is 25.5 Å². The molecule has 0 bridgehead atoms. The Kier molecular flexibility index (Phi) is 5.53. The van der Waals surface area contributed by atoms with E-state index >= 15 is 0 Å². The van der Waals surface area contributed by atoms with Crippen LogP contribution in [0.15, 0.2) is 48.5 Å². The SMILES string of the molecule is NC(=O)c1ccc(-c2nnn(CC(=O)Nc3ccccc3OC(F)F)n2)cc1. The van der Waals surface area contributed by atoms with Gasteiger partial charge in [-0.2, -0.15) is 13.6 Å². The summed E-state index contributed by atoms with van der Waals surface area (Å²) in [6.45, 7) is -3.31. The fourth-order valence-corrected chi connectivity index (χ4v) is 2.30. The van der Waals surface area contributed by atoms with Gasteiger partial charge in [-0.15, -0.1) is 10.2 Å². The van der Waals surface area contributed by atoms with Crippen LogP contribution in [0.4, 0.5) is 14.5 Å². The molecule has 0 unspecified atom stereocenters. The Balaban J connectivity index is 1.67. The van der Waals surface area contributed by atoms with Crippen LogP contribution in [0.2, 0.25) is 0 Å². The maximum absolute atomic E-state index is 12.4. The van der Waals surface area contributed by atoms with Gasteiger partial charge in [0.2, 0.25) is 17.6 Å². The Hall–Kier alpha value is -3.89. The first-order chi connectivity index (χ1) is 13.4. The monoisotopic (exact) mass is 388 g/mol. The van der Waals surface area contributed by atoms with Crippen LogP contribution in [0.3, 0.4) is 0 Å². The number of primary amides is 1. The third kappa shape index (κ3) is 4.63. The number of nitrogens with two attached hydrogens (primary N) is 1. The minimum absolute atomic E-state index is 0.0928. The first-order valence-electron chi connectivity index (χ1n) is 7.94. The van der Waals surface area contributed by atoms with E-state index in [0.29, 0.717) is 11.1 Å². The Labute approximate surface area is 157 Å². The summed E-state index contributed by atoms with van der Waals surface area (Å²) in [6.07, 6.45) is 0. The van der Waals surface area contributed by atoms with E-state index in [4.69, 9.17) is 5.73 Å². The Morgan fingerprint density at radius 3 is 2.54 bits per heavy atom. The summed E-state index contributed by atoms with van der Waals surface area (Å²) < 4.78 is 29.2. The highest BCUT2D eigenvalue weighted by Crippen LogP contribution is 2.25. The molecular weight excluding hydrogens is 374 g/mol. The molecule has 3 rings (SSSR count). The first kappa shape index (κ1) is 18.9.